The Morgan fingerprint density at radius 2 is 1.42 bits per heavy atom. The minimum atomic E-state index is -4.38. The fourth-order valence-corrected chi connectivity index (χ4v) is 2.13. The zero-order valence-corrected chi connectivity index (χ0v) is 11.2. The van der Waals surface area contributed by atoms with Crippen LogP contribution in [0.4, 0.5) is 13.2 Å². The van der Waals surface area contributed by atoms with Gasteiger partial charge in [0, 0.05) is 10.0 Å². The second-order valence-corrected chi connectivity index (χ2v) is 4.98. The highest BCUT2D eigenvalue weighted by Gasteiger charge is 2.33. The third-order valence-electron chi connectivity index (χ3n) is 2.68. The minimum absolute atomic E-state index is 0.155. The summed E-state index contributed by atoms with van der Waals surface area (Å²) in [7, 11) is 0. The molecule has 0 fully saturated rings. The zero-order valence-electron chi connectivity index (χ0n) is 9.64. The largest absolute Gasteiger partial charge is 0.416 e. The van der Waals surface area contributed by atoms with Gasteiger partial charge in [-0.2, -0.15) is 13.2 Å². The van der Waals surface area contributed by atoms with Crippen LogP contribution in [0.5, 0.6) is 0 Å². The third kappa shape index (κ3) is 3.64. The molecule has 2 aromatic rings. The number of rotatable bonds is 2. The molecule has 0 nitrogen and oxygen atoms in total. The first-order valence-electron chi connectivity index (χ1n) is 5.46. The van der Waals surface area contributed by atoms with Crippen molar-refractivity contribution in [2.45, 2.75) is 12.6 Å². The van der Waals surface area contributed by atoms with Crippen molar-refractivity contribution >= 4 is 23.2 Å². The van der Waals surface area contributed by atoms with Gasteiger partial charge in [0.1, 0.15) is 0 Å². The average molecular weight is 305 g/mol. The van der Waals surface area contributed by atoms with Crippen LogP contribution in [0.3, 0.4) is 0 Å². The van der Waals surface area contributed by atoms with E-state index in [4.69, 9.17) is 23.2 Å². The monoisotopic (exact) mass is 304 g/mol. The van der Waals surface area contributed by atoms with Crippen molar-refractivity contribution < 1.29 is 13.2 Å². The second kappa shape index (κ2) is 5.43. The van der Waals surface area contributed by atoms with Crippen molar-refractivity contribution in [3.63, 3.8) is 0 Å². The number of hydrogen-bond donors (Lipinski definition) is 0. The van der Waals surface area contributed by atoms with Crippen molar-refractivity contribution in [2.75, 3.05) is 0 Å². The number of alkyl halides is 3. The normalized spacial score (nSPS) is 11.6. The summed E-state index contributed by atoms with van der Waals surface area (Å²) in [6.07, 6.45) is -4.22. The van der Waals surface area contributed by atoms with Crippen molar-refractivity contribution in [2.24, 2.45) is 0 Å². The Balaban J connectivity index is 2.38. The van der Waals surface area contributed by atoms with E-state index in [0.29, 0.717) is 5.02 Å². The van der Waals surface area contributed by atoms with E-state index < -0.39 is 11.7 Å². The minimum Gasteiger partial charge on any atom is -0.166 e. The number of benzene rings is 2. The Bertz CT molecular complexity index is 574. The molecule has 5 heteroatoms. The Labute approximate surface area is 118 Å². The van der Waals surface area contributed by atoms with E-state index in [0.717, 1.165) is 11.6 Å². The van der Waals surface area contributed by atoms with Crippen molar-refractivity contribution in [1.82, 2.24) is 0 Å². The first-order valence-corrected chi connectivity index (χ1v) is 6.22. The SMILES string of the molecule is FC(F)(F)c1ccc(Cl)cc1Cc1ccc(Cl)cc1. The molecule has 0 aliphatic rings. The summed E-state index contributed by atoms with van der Waals surface area (Å²) in [4.78, 5) is 0. The quantitative estimate of drug-likeness (QED) is 0.677. The van der Waals surface area contributed by atoms with Crippen LogP contribution in [0, 0.1) is 0 Å². The van der Waals surface area contributed by atoms with Gasteiger partial charge in [0.25, 0.3) is 0 Å². The predicted molar refractivity (Wildman–Crippen MR) is 70.7 cm³/mol. The number of halogens is 5. The lowest BCUT2D eigenvalue weighted by molar-refractivity contribution is -0.138. The van der Waals surface area contributed by atoms with E-state index in [-0.39, 0.29) is 17.0 Å². The van der Waals surface area contributed by atoms with Crippen LogP contribution in [-0.4, -0.2) is 0 Å². The first-order chi connectivity index (χ1) is 8.86. The topological polar surface area (TPSA) is 0 Å². The average Bonchev–Trinajstić information content (AvgIpc) is 2.30. The summed E-state index contributed by atoms with van der Waals surface area (Å²) in [5.41, 5.74) is 0.242. The van der Waals surface area contributed by atoms with Gasteiger partial charge in [-0.25, -0.2) is 0 Å². The summed E-state index contributed by atoms with van der Waals surface area (Å²) >= 11 is 11.5. The Kier molecular flexibility index (Phi) is 4.07. The summed E-state index contributed by atoms with van der Waals surface area (Å²) in [6, 6.07) is 10.3. The van der Waals surface area contributed by atoms with E-state index in [1.807, 2.05) is 0 Å². The van der Waals surface area contributed by atoms with Crippen LogP contribution in [0.25, 0.3) is 0 Å². The van der Waals surface area contributed by atoms with E-state index in [2.05, 4.69) is 0 Å². The summed E-state index contributed by atoms with van der Waals surface area (Å²) in [6.45, 7) is 0. The van der Waals surface area contributed by atoms with Gasteiger partial charge in [-0.1, -0.05) is 35.3 Å². The first kappa shape index (κ1) is 14.2. The summed E-state index contributed by atoms with van der Waals surface area (Å²) < 4.78 is 38.6. The molecule has 0 saturated carbocycles. The molecule has 19 heavy (non-hydrogen) atoms. The Morgan fingerprint density at radius 3 is 2.00 bits per heavy atom. The highest BCUT2D eigenvalue weighted by molar-refractivity contribution is 6.30. The van der Waals surface area contributed by atoms with Crippen LogP contribution < -0.4 is 0 Å². The highest BCUT2D eigenvalue weighted by Crippen LogP contribution is 2.34. The molecule has 0 aliphatic carbocycles. The van der Waals surface area contributed by atoms with Crippen molar-refractivity contribution in [1.29, 1.82) is 0 Å². The zero-order chi connectivity index (χ0) is 14.0. The molecule has 0 spiro atoms. The Morgan fingerprint density at radius 1 is 0.842 bits per heavy atom. The lowest BCUT2D eigenvalue weighted by atomic mass is 9.99. The fourth-order valence-electron chi connectivity index (χ4n) is 1.81. The molecule has 0 bridgehead atoms. The molecule has 0 saturated heterocycles. The van der Waals surface area contributed by atoms with Crippen LogP contribution in [-0.2, 0) is 12.6 Å². The standard InChI is InChI=1S/C14H9Cl2F3/c15-11-3-1-9(2-4-11)7-10-8-12(16)5-6-13(10)14(17,18)19/h1-6,8H,7H2. The molecule has 2 rings (SSSR count). The van der Waals surface area contributed by atoms with E-state index in [1.165, 1.54) is 12.1 Å². The molecule has 0 amide bonds. The smallest absolute Gasteiger partial charge is 0.166 e. The lowest BCUT2D eigenvalue weighted by Crippen LogP contribution is -2.09. The molecule has 0 aliphatic heterocycles. The molecular formula is C14H9Cl2F3. The van der Waals surface area contributed by atoms with Gasteiger partial charge < -0.3 is 0 Å². The third-order valence-corrected chi connectivity index (χ3v) is 3.17. The van der Waals surface area contributed by atoms with Crippen LogP contribution in [0.1, 0.15) is 16.7 Å². The van der Waals surface area contributed by atoms with Gasteiger partial charge >= 0.3 is 6.18 Å². The van der Waals surface area contributed by atoms with Crippen molar-refractivity contribution in [3.05, 3.63) is 69.2 Å². The molecular weight excluding hydrogens is 296 g/mol. The van der Waals surface area contributed by atoms with E-state index >= 15 is 0 Å². The molecule has 0 N–H and O–H groups in total. The van der Waals surface area contributed by atoms with Gasteiger partial charge in [-0.3, -0.25) is 0 Å². The van der Waals surface area contributed by atoms with Gasteiger partial charge in [0.2, 0.25) is 0 Å². The maximum absolute atomic E-state index is 12.9. The maximum atomic E-state index is 12.9. The summed E-state index contributed by atoms with van der Waals surface area (Å²) in [5, 5.41) is 0.836. The van der Waals surface area contributed by atoms with Crippen molar-refractivity contribution in [3.8, 4) is 0 Å². The maximum Gasteiger partial charge on any atom is 0.416 e. The molecule has 0 aromatic heterocycles. The lowest BCUT2D eigenvalue weighted by Gasteiger charge is -2.13. The Hall–Kier alpha value is -1.19. The molecule has 0 atom stereocenters. The predicted octanol–water partition coefficient (Wildman–Crippen LogP) is 5.60. The molecule has 0 unspecified atom stereocenters. The molecule has 0 heterocycles. The van der Waals surface area contributed by atoms with Gasteiger partial charge in [-0.15, -0.1) is 0 Å². The fraction of sp³-hybridized carbons (Fsp3) is 0.143. The van der Waals surface area contributed by atoms with Gasteiger partial charge in [0.05, 0.1) is 5.56 Å². The van der Waals surface area contributed by atoms with Crippen LogP contribution >= 0.6 is 23.2 Å². The van der Waals surface area contributed by atoms with Gasteiger partial charge in [0.15, 0.2) is 0 Å². The van der Waals surface area contributed by atoms with Gasteiger partial charge in [-0.05, 0) is 47.9 Å². The van der Waals surface area contributed by atoms with E-state index in [9.17, 15) is 13.2 Å². The van der Waals surface area contributed by atoms with Crippen LogP contribution in [0.2, 0.25) is 10.0 Å². The number of hydrogen-bond acceptors (Lipinski definition) is 0. The van der Waals surface area contributed by atoms with E-state index in [1.54, 1.807) is 24.3 Å². The molecule has 0 radical (unpaired) electrons. The molecule has 100 valence electrons. The highest BCUT2D eigenvalue weighted by atomic mass is 35.5. The van der Waals surface area contributed by atoms with Crippen LogP contribution in [0.15, 0.2) is 42.5 Å². The molecule has 2 aromatic carbocycles. The second-order valence-electron chi connectivity index (χ2n) is 4.10. The summed E-state index contributed by atoms with van der Waals surface area (Å²) in [5.74, 6) is 0.